The van der Waals surface area contributed by atoms with Gasteiger partial charge < -0.3 is 14.9 Å². The first-order valence-corrected chi connectivity index (χ1v) is 10.9. The fourth-order valence-corrected chi connectivity index (χ4v) is 4.88. The van der Waals surface area contributed by atoms with Crippen LogP contribution in [0.25, 0.3) is 0 Å². The molecule has 1 amide bonds. The van der Waals surface area contributed by atoms with Crippen molar-refractivity contribution in [2.24, 2.45) is 4.99 Å². The van der Waals surface area contributed by atoms with E-state index in [2.05, 4.69) is 9.71 Å². The van der Waals surface area contributed by atoms with Crippen molar-refractivity contribution < 1.29 is 18.3 Å². The van der Waals surface area contributed by atoms with Crippen molar-refractivity contribution >= 4 is 27.5 Å². The lowest BCUT2D eigenvalue weighted by Crippen LogP contribution is -2.51. The first-order valence-electron chi connectivity index (χ1n) is 9.38. The summed E-state index contributed by atoms with van der Waals surface area (Å²) in [4.78, 5) is 21.1. The lowest BCUT2D eigenvalue weighted by molar-refractivity contribution is -0.132. The number of hydrogen-bond acceptors (Lipinski definition) is 6. The Bertz CT molecular complexity index is 1080. The molecule has 0 bridgehead atoms. The van der Waals surface area contributed by atoms with Crippen LogP contribution in [0.2, 0.25) is 0 Å². The number of rotatable bonds is 3. The van der Waals surface area contributed by atoms with E-state index in [4.69, 9.17) is 0 Å². The van der Waals surface area contributed by atoms with E-state index in [1.807, 2.05) is 17.0 Å². The van der Waals surface area contributed by atoms with E-state index in [1.54, 1.807) is 42.2 Å². The quantitative estimate of drug-likeness (QED) is 0.785. The van der Waals surface area contributed by atoms with Crippen LogP contribution in [0.5, 0.6) is 5.75 Å². The number of piperazine rings is 1. The van der Waals surface area contributed by atoms with Crippen LogP contribution in [0, 0.1) is 0 Å². The van der Waals surface area contributed by atoms with Crippen molar-refractivity contribution in [2.75, 3.05) is 31.1 Å². The fraction of sp³-hybridized carbons (Fsp3) is 0.300. The van der Waals surface area contributed by atoms with E-state index in [0.717, 1.165) is 5.69 Å². The summed E-state index contributed by atoms with van der Waals surface area (Å²) in [6.07, 6.45) is 0. The highest BCUT2D eigenvalue weighted by atomic mass is 32.2. The molecular formula is C20H22N4O4S. The molecule has 0 aliphatic carbocycles. The number of nitrogens with one attached hydrogen (secondary N) is 1. The highest BCUT2D eigenvalue weighted by Crippen LogP contribution is 2.27. The highest BCUT2D eigenvalue weighted by Gasteiger charge is 2.32. The van der Waals surface area contributed by atoms with Crippen LogP contribution < -0.4 is 9.62 Å². The monoisotopic (exact) mass is 414 g/mol. The summed E-state index contributed by atoms with van der Waals surface area (Å²) in [5.74, 6) is 0.270. The van der Waals surface area contributed by atoms with Crippen LogP contribution in [0.4, 0.5) is 5.69 Å². The number of carbonyl (C=O) groups is 1. The largest absolute Gasteiger partial charge is 0.506 e. The lowest BCUT2D eigenvalue weighted by atomic mass is 10.2. The van der Waals surface area contributed by atoms with Crippen LogP contribution in [0.15, 0.2) is 58.4 Å². The van der Waals surface area contributed by atoms with Gasteiger partial charge in [-0.3, -0.25) is 14.5 Å². The second-order valence-corrected chi connectivity index (χ2v) is 8.71. The van der Waals surface area contributed by atoms with Gasteiger partial charge >= 0.3 is 0 Å². The number of phenolic OH excluding ortho intramolecular Hbond substituents is 1. The van der Waals surface area contributed by atoms with Crippen LogP contribution in [0.1, 0.15) is 12.5 Å². The van der Waals surface area contributed by atoms with Gasteiger partial charge in [-0.2, -0.15) is 0 Å². The normalized spacial score (nSPS) is 20.2. The van der Waals surface area contributed by atoms with E-state index in [1.165, 1.54) is 6.07 Å². The van der Waals surface area contributed by atoms with Crippen LogP contribution >= 0.6 is 0 Å². The predicted octanol–water partition coefficient (Wildman–Crippen LogP) is 1.17. The maximum absolute atomic E-state index is 12.8. The molecule has 0 unspecified atom stereocenters. The second kappa shape index (κ2) is 7.40. The molecule has 9 heteroatoms. The van der Waals surface area contributed by atoms with Crippen molar-refractivity contribution in [2.45, 2.75) is 17.9 Å². The molecule has 2 aromatic rings. The van der Waals surface area contributed by atoms with Gasteiger partial charge in [0.05, 0.1) is 10.6 Å². The smallest absolute Gasteiger partial charge is 0.263 e. The standard InChI is InChI=1S/C20H22N4O4S/c1-14(21-19-15-6-2-5-9-18(15)29(27,28)22-19)20(26)24-12-10-23(11-13-24)16-7-3-4-8-17(16)25/h2-9,14,25H,10-13H2,1H3,(H,21,22)/t14-/m1/s1. The van der Waals surface area contributed by atoms with E-state index in [0.29, 0.717) is 31.7 Å². The summed E-state index contributed by atoms with van der Waals surface area (Å²) in [5.41, 5.74) is 1.24. The van der Waals surface area contributed by atoms with Crippen molar-refractivity contribution in [1.82, 2.24) is 9.62 Å². The number of aliphatic imine (C=N–C) groups is 1. The van der Waals surface area contributed by atoms with Gasteiger partial charge in [0.25, 0.3) is 10.0 Å². The van der Waals surface area contributed by atoms with Gasteiger partial charge in [-0.05, 0) is 31.2 Å². The zero-order valence-electron chi connectivity index (χ0n) is 15.9. The number of anilines is 1. The second-order valence-electron chi connectivity index (χ2n) is 7.06. The number of aromatic hydroxyl groups is 1. The van der Waals surface area contributed by atoms with Gasteiger partial charge in [0.1, 0.15) is 17.6 Å². The average Bonchev–Trinajstić information content (AvgIpc) is 2.98. The van der Waals surface area contributed by atoms with Crippen LogP contribution in [-0.2, 0) is 14.8 Å². The third-order valence-corrected chi connectivity index (χ3v) is 6.55. The summed E-state index contributed by atoms with van der Waals surface area (Å²) in [6.45, 7) is 3.87. The van der Waals surface area contributed by atoms with Crippen LogP contribution in [-0.4, -0.2) is 62.4 Å². The molecule has 0 saturated carbocycles. The Kier molecular flexibility index (Phi) is 4.91. The third kappa shape index (κ3) is 3.65. The Morgan fingerprint density at radius 1 is 1.07 bits per heavy atom. The Balaban J connectivity index is 1.45. The molecule has 8 nitrogen and oxygen atoms in total. The molecule has 1 saturated heterocycles. The maximum Gasteiger partial charge on any atom is 0.263 e. The Morgan fingerprint density at radius 3 is 2.45 bits per heavy atom. The fourth-order valence-electron chi connectivity index (χ4n) is 3.64. The minimum Gasteiger partial charge on any atom is -0.506 e. The number of nitrogens with zero attached hydrogens (tertiary/aromatic N) is 3. The molecule has 4 rings (SSSR count). The molecule has 1 fully saturated rings. The molecule has 2 aromatic carbocycles. The minimum atomic E-state index is -3.63. The molecule has 29 heavy (non-hydrogen) atoms. The number of fused-ring (bicyclic) bond motifs is 1. The van der Waals surface area contributed by atoms with E-state index < -0.39 is 16.1 Å². The zero-order chi connectivity index (χ0) is 20.6. The number of amides is 1. The van der Waals surface area contributed by atoms with Crippen LogP contribution in [0.3, 0.4) is 0 Å². The van der Waals surface area contributed by atoms with E-state index in [-0.39, 0.29) is 22.4 Å². The van der Waals surface area contributed by atoms with Crippen molar-refractivity contribution in [3.8, 4) is 5.75 Å². The summed E-state index contributed by atoms with van der Waals surface area (Å²) in [6, 6.07) is 13.0. The highest BCUT2D eigenvalue weighted by molar-refractivity contribution is 7.90. The molecule has 2 heterocycles. The molecule has 1 atom stereocenters. The van der Waals surface area contributed by atoms with Crippen molar-refractivity contribution in [1.29, 1.82) is 0 Å². The van der Waals surface area contributed by atoms with Gasteiger partial charge in [-0.15, -0.1) is 0 Å². The first-order chi connectivity index (χ1) is 13.9. The molecule has 0 spiro atoms. The number of sulfonamides is 1. The van der Waals surface area contributed by atoms with Gasteiger partial charge in [-0.25, -0.2) is 8.42 Å². The number of carbonyl (C=O) groups excluding carboxylic acids is 1. The number of hydrogen-bond donors (Lipinski definition) is 2. The molecule has 0 aromatic heterocycles. The van der Waals surface area contributed by atoms with Gasteiger partial charge in [-0.1, -0.05) is 24.3 Å². The predicted molar refractivity (Wildman–Crippen MR) is 110 cm³/mol. The first kappa shape index (κ1) is 19.3. The molecule has 152 valence electrons. The van der Waals surface area contributed by atoms with Crippen molar-refractivity contribution in [3.63, 3.8) is 0 Å². The average molecular weight is 414 g/mol. The Hall–Kier alpha value is -3.07. The third-order valence-electron chi connectivity index (χ3n) is 5.16. The van der Waals surface area contributed by atoms with E-state index in [9.17, 15) is 18.3 Å². The van der Waals surface area contributed by atoms with Gasteiger partial charge in [0, 0.05) is 31.7 Å². The lowest BCUT2D eigenvalue weighted by Gasteiger charge is -2.37. The maximum atomic E-state index is 12.8. The zero-order valence-corrected chi connectivity index (χ0v) is 16.8. The summed E-state index contributed by atoms with van der Waals surface area (Å²) < 4.78 is 26.8. The SMILES string of the molecule is C[C@@H](N=C1NS(=O)(=O)c2ccccc21)C(=O)N1CCN(c2ccccc2O)CC1. The number of para-hydroxylation sites is 2. The summed E-state index contributed by atoms with van der Waals surface area (Å²) in [5, 5.41) is 10.0. The molecule has 2 aliphatic heterocycles. The number of phenols is 1. The Labute approximate surface area is 169 Å². The molecule has 0 radical (unpaired) electrons. The molecule has 2 N–H and O–H groups in total. The van der Waals surface area contributed by atoms with Gasteiger partial charge in [0.2, 0.25) is 5.91 Å². The summed E-state index contributed by atoms with van der Waals surface area (Å²) in [7, 11) is -3.63. The molecule has 2 aliphatic rings. The van der Waals surface area contributed by atoms with E-state index >= 15 is 0 Å². The molecular weight excluding hydrogens is 392 g/mol. The van der Waals surface area contributed by atoms with Crippen molar-refractivity contribution in [3.05, 3.63) is 54.1 Å². The summed E-state index contributed by atoms with van der Waals surface area (Å²) >= 11 is 0. The topological polar surface area (TPSA) is 102 Å². The van der Waals surface area contributed by atoms with Gasteiger partial charge in [0.15, 0.2) is 0 Å². The number of benzene rings is 2. The minimum absolute atomic E-state index is 0.155. The number of amidine groups is 1. The Morgan fingerprint density at radius 2 is 1.72 bits per heavy atom.